The molecule has 0 fully saturated rings. The molecule has 0 aliphatic heterocycles. The first-order valence-electron chi connectivity index (χ1n) is 5.41. The largest absolute Gasteiger partial charge is 0.323 e. The van der Waals surface area contributed by atoms with Gasteiger partial charge >= 0.3 is 0 Å². The second-order valence-electron chi connectivity index (χ2n) is 4.91. The van der Waals surface area contributed by atoms with Crippen LogP contribution >= 0.6 is 11.3 Å². The van der Waals surface area contributed by atoms with Crippen LogP contribution < -0.4 is 5.73 Å². The molecule has 1 atom stereocenters. The first-order valence-corrected chi connectivity index (χ1v) is 6.23. The van der Waals surface area contributed by atoms with Gasteiger partial charge in [0.2, 0.25) is 0 Å². The number of rotatable bonds is 1. The highest BCUT2D eigenvalue weighted by molar-refractivity contribution is 7.12. The number of fused-ring (bicyclic) bond motifs is 1. The molecule has 2 rings (SSSR count). The van der Waals surface area contributed by atoms with Gasteiger partial charge in [-0.15, -0.1) is 11.3 Å². The lowest BCUT2D eigenvalue weighted by molar-refractivity contribution is 0.251. The standard InChI is InChI=1S/C12H19NS/c1-4-8-7-9-10(14-8)5-6-12(2,3)11(9)13/h7,11H,4-6,13H2,1-3H3. The number of hydrogen-bond acceptors (Lipinski definition) is 2. The van der Waals surface area contributed by atoms with E-state index in [1.165, 1.54) is 28.2 Å². The van der Waals surface area contributed by atoms with Crippen LogP contribution in [0.2, 0.25) is 0 Å². The molecule has 0 spiro atoms. The van der Waals surface area contributed by atoms with Gasteiger partial charge in [0.15, 0.2) is 0 Å². The van der Waals surface area contributed by atoms with E-state index in [4.69, 9.17) is 5.73 Å². The smallest absolute Gasteiger partial charge is 0.0358 e. The molecule has 0 aromatic carbocycles. The molecule has 0 saturated heterocycles. The second-order valence-corrected chi connectivity index (χ2v) is 6.13. The summed E-state index contributed by atoms with van der Waals surface area (Å²) < 4.78 is 0. The molecule has 1 aromatic heterocycles. The van der Waals surface area contributed by atoms with Crippen molar-refractivity contribution in [2.75, 3.05) is 0 Å². The Balaban J connectivity index is 2.40. The number of nitrogens with two attached hydrogens (primary N) is 1. The molecule has 1 nitrogen and oxygen atoms in total. The SMILES string of the molecule is CCc1cc2c(s1)CCC(C)(C)C2N. The average Bonchev–Trinajstić information content (AvgIpc) is 2.55. The minimum Gasteiger partial charge on any atom is -0.323 e. The monoisotopic (exact) mass is 209 g/mol. The maximum atomic E-state index is 6.30. The first kappa shape index (κ1) is 10.2. The highest BCUT2D eigenvalue weighted by Gasteiger charge is 2.34. The third-order valence-corrected chi connectivity index (χ3v) is 4.77. The quantitative estimate of drug-likeness (QED) is 0.754. The van der Waals surface area contributed by atoms with Gasteiger partial charge in [0.25, 0.3) is 0 Å². The van der Waals surface area contributed by atoms with Crippen LogP contribution in [0, 0.1) is 5.41 Å². The summed E-state index contributed by atoms with van der Waals surface area (Å²) in [6, 6.07) is 2.56. The molecule has 0 saturated carbocycles. The first-order chi connectivity index (χ1) is 6.54. The Morgan fingerprint density at radius 3 is 2.93 bits per heavy atom. The van der Waals surface area contributed by atoms with Crippen LogP contribution in [0.25, 0.3) is 0 Å². The zero-order valence-corrected chi connectivity index (χ0v) is 10.1. The van der Waals surface area contributed by atoms with Crippen molar-refractivity contribution in [3.05, 3.63) is 21.4 Å². The van der Waals surface area contributed by atoms with Crippen molar-refractivity contribution in [3.63, 3.8) is 0 Å². The van der Waals surface area contributed by atoms with Gasteiger partial charge in [0.1, 0.15) is 0 Å². The Labute approximate surface area is 90.3 Å². The van der Waals surface area contributed by atoms with Crippen molar-refractivity contribution in [2.45, 2.75) is 46.1 Å². The predicted molar refractivity (Wildman–Crippen MR) is 62.7 cm³/mol. The van der Waals surface area contributed by atoms with Crippen LogP contribution in [0.4, 0.5) is 0 Å². The highest BCUT2D eigenvalue weighted by atomic mass is 32.1. The Morgan fingerprint density at radius 2 is 2.29 bits per heavy atom. The summed E-state index contributed by atoms with van der Waals surface area (Å²) in [4.78, 5) is 3.02. The molecule has 0 amide bonds. The summed E-state index contributed by atoms with van der Waals surface area (Å²) >= 11 is 1.96. The normalized spacial score (nSPS) is 24.7. The van der Waals surface area contributed by atoms with E-state index in [1.807, 2.05) is 11.3 Å². The van der Waals surface area contributed by atoms with Gasteiger partial charge in [-0.2, -0.15) is 0 Å². The van der Waals surface area contributed by atoms with Gasteiger partial charge in [-0.3, -0.25) is 0 Å². The summed E-state index contributed by atoms with van der Waals surface area (Å²) in [6.45, 7) is 6.78. The van der Waals surface area contributed by atoms with E-state index in [0.29, 0.717) is 0 Å². The maximum absolute atomic E-state index is 6.30. The third kappa shape index (κ3) is 1.51. The van der Waals surface area contributed by atoms with E-state index >= 15 is 0 Å². The van der Waals surface area contributed by atoms with Gasteiger partial charge in [-0.05, 0) is 36.3 Å². The average molecular weight is 209 g/mol. The lowest BCUT2D eigenvalue weighted by Gasteiger charge is -2.36. The summed E-state index contributed by atoms with van der Waals surface area (Å²) in [5.74, 6) is 0. The van der Waals surface area contributed by atoms with Crippen LogP contribution in [0.5, 0.6) is 0 Å². The lowest BCUT2D eigenvalue weighted by Crippen LogP contribution is -2.33. The Morgan fingerprint density at radius 1 is 1.57 bits per heavy atom. The van der Waals surface area contributed by atoms with Crippen LogP contribution in [-0.2, 0) is 12.8 Å². The van der Waals surface area contributed by atoms with E-state index in [2.05, 4.69) is 26.8 Å². The fourth-order valence-corrected chi connectivity index (χ4v) is 3.30. The summed E-state index contributed by atoms with van der Waals surface area (Å²) in [5.41, 5.74) is 8.00. The van der Waals surface area contributed by atoms with Crippen LogP contribution in [0.1, 0.15) is 48.6 Å². The number of hydrogen-bond donors (Lipinski definition) is 1. The van der Waals surface area contributed by atoms with Gasteiger partial charge in [-0.1, -0.05) is 20.8 Å². The van der Waals surface area contributed by atoms with Crippen molar-refractivity contribution in [2.24, 2.45) is 11.1 Å². The van der Waals surface area contributed by atoms with E-state index in [0.717, 1.165) is 6.42 Å². The van der Waals surface area contributed by atoms with Crippen molar-refractivity contribution < 1.29 is 0 Å². The highest BCUT2D eigenvalue weighted by Crippen LogP contribution is 2.44. The van der Waals surface area contributed by atoms with Gasteiger partial charge in [0, 0.05) is 15.8 Å². The minimum atomic E-state index is 0.239. The topological polar surface area (TPSA) is 26.0 Å². The second kappa shape index (κ2) is 3.35. The Bertz CT molecular complexity index is 338. The Kier molecular flexibility index (Phi) is 2.44. The van der Waals surface area contributed by atoms with Crippen LogP contribution in [0.3, 0.4) is 0 Å². The zero-order valence-electron chi connectivity index (χ0n) is 9.26. The van der Waals surface area contributed by atoms with E-state index < -0.39 is 0 Å². The fraction of sp³-hybridized carbons (Fsp3) is 0.667. The van der Waals surface area contributed by atoms with Crippen molar-refractivity contribution in [1.29, 1.82) is 0 Å². The van der Waals surface area contributed by atoms with E-state index in [9.17, 15) is 0 Å². The molecule has 1 aliphatic rings. The molecule has 1 aliphatic carbocycles. The molecule has 0 bridgehead atoms. The molecule has 1 aromatic rings. The van der Waals surface area contributed by atoms with E-state index in [1.54, 1.807) is 0 Å². The number of aryl methyl sites for hydroxylation is 2. The lowest BCUT2D eigenvalue weighted by atomic mass is 9.73. The molecule has 0 radical (unpaired) electrons. The molecular weight excluding hydrogens is 190 g/mol. The molecule has 2 N–H and O–H groups in total. The molecule has 78 valence electrons. The van der Waals surface area contributed by atoms with Gasteiger partial charge < -0.3 is 5.73 Å². The van der Waals surface area contributed by atoms with Gasteiger partial charge in [0.05, 0.1) is 0 Å². The third-order valence-electron chi connectivity index (χ3n) is 3.41. The molecule has 2 heteroatoms. The van der Waals surface area contributed by atoms with Crippen molar-refractivity contribution in [1.82, 2.24) is 0 Å². The summed E-state index contributed by atoms with van der Waals surface area (Å²) in [7, 11) is 0. The summed E-state index contributed by atoms with van der Waals surface area (Å²) in [6.07, 6.45) is 3.59. The van der Waals surface area contributed by atoms with Crippen molar-refractivity contribution in [3.8, 4) is 0 Å². The van der Waals surface area contributed by atoms with Crippen LogP contribution in [-0.4, -0.2) is 0 Å². The van der Waals surface area contributed by atoms with Gasteiger partial charge in [-0.25, -0.2) is 0 Å². The van der Waals surface area contributed by atoms with Crippen LogP contribution in [0.15, 0.2) is 6.07 Å². The van der Waals surface area contributed by atoms with E-state index in [-0.39, 0.29) is 11.5 Å². The molecular formula is C12H19NS. The molecule has 14 heavy (non-hydrogen) atoms. The predicted octanol–water partition coefficient (Wildman–Crippen LogP) is 3.28. The maximum Gasteiger partial charge on any atom is 0.0358 e. The number of thiophene rings is 1. The molecule has 1 heterocycles. The Hall–Kier alpha value is -0.340. The summed E-state index contributed by atoms with van der Waals surface area (Å²) in [5, 5.41) is 0. The van der Waals surface area contributed by atoms with Crippen molar-refractivity contribution >= 4 is 11.3 Å². The molecule has 1 unspecified atom stereocenters. The zero-order chi connectivity index (χ0) is 10.3. The fourth-order valence-electron chi connectivity index (χ4n) is 2.15. The minimum absolute atomic E-state index is 0.239.